The fraction of sp³-hybridized carbons (Fsp3) is 0.308. The Morgan fingerprint density at radius 3 is 2.51 bits per heavy atom. The Hall–Kier alpha value is -3.01. The molecule has 0 radical (unpaired) electrons. The first kappa shape index (κ1) is 23.7. The molecule has 0 unspecified atom stereocenters. The predicted octanol–water partition coefficient (Wildman–Crippen LogP) is 5.47. The van der Waals surface area contributed by atoms with E-state index >= 15 is 0 Å². The van der Waals surface area contributed by atoms with Gasteiger partial charge in [0.15, 0.2) is 5.13 Å². The van der Waals surface area contributed by atoms with Crippen LogP contribution in [-0.4, -0.2) is 36.7 Å². The number of nitrogens with zero attached hydrogens (tertiary/aromatic N) is 3. The summed E-state index contributed by atoms with van der Waals surface area (Å²) in [6.07, 6.45) is 5.22. The number of fused-ring (bicyclic) bond motifs is 1. The molecular formula is C26H27N3O4S2. The molecule has 182 valence electrons. The van der Waals surface area contributed by atoms with Crippen LogP contribution in [0.15, 0.2) is 70.2 Å². The first-order chi connectivity index (χ1) is 17.0. The van der Waals surface area contributed by atoms with Gasteiger partial charge in [0.2, 0.25) is 10.0 Å². The van der Waals surface area contributed by atoms with Crippen LogP contribution < -0.4 is 4.90 Å². The fourth-order valence-corrected chi connectivity index (χ4v) is 6.89. The number of carbonyl (C=O) groups excluding carboxylic acids is 1. The van der Waals surface area contributed by atoms with Crippen molar-refractivity contribution in [3.8, 4) is 0 Å². The summed E-state index contributed by atoms with van der Waals surface area (Å²) in [6.45, 7) is 3.38. The number of piperidine rings is 1. The van der Waals surface area contributed by atoms with Crippen molar-refractivity contribution < 1.29 is 17.6 Å². The highest BCUT2D eigenvalue weighted by molar-refractivity contribution is 7.89. The van der Waals surface area contributed by atoms with Gasteiger partial charge in [-0.3, -0.25) is 9.69 Å². The summed E-state index contributed by atoms with van der Waals surface area (Å²) in [5.41, 5.74) is 2.42. The number of furan rings is 1. The SMILES string of the molecule is CCc1cccc2sc(N(Cc3ccco3)C(=O)c3ccc(S(=O)(=O)N4CCCCC4)cc3)nc12. The standard InChI is InChI=1S/C26H27N3O4S2/c1-2-19-8-6-10-23-24(19)27-26(34-23)29(18-21-9-7-17-33-21)25(30)20-11-13-22(14-12-20)35(31,32)28-15-4-3-5-16-28/h6-14,17H,2-5,15-16,18H2,1H3. The van der Waals surface area contributed by atoms with Gasteiger partial charge in [-0.2, -0.15) is 4.31 Å². The second-order valence-corrected chi connectivity index (χ2v) is 11.5. The number of rotatable bonds is 7. The summed E-state index contributed by atoms with van der Waals surface area (Å²) < 4.78 is 34.1. The average Bonchev–Trinajstić information content (AvgIpc) is 3.57. The zero-order valence-electron chi connectivity index (χ0n) is 19.5. The molecule has 1 aliphatic heterocycles. The van der Waals surface area contributed by atoms with Crippen LogP contribution in [0.3, 0.4) is 0 Å². The number of amides is 1. The fourth-order valence-electron chi connectivity index (χ4n) is 4.36. The molecule has 9 heteroatoms. The van der Waals surface area contributed by atoms with Gasteiger partial charge in [0, 0.05) is 18.7 Å². The molecule has 2 aromatic heterocycles. The summed E-state index contributed by atoms with van der Waals surface area (Å²) in [6, 6.07) is 15.9. The molecule has 35 heavy (non-hydrogen) atoms. The van der Waals surface area contributed by atoms with Crippen molar-refractivity contribution in [2.75, 3.05) is 18.0 Å². The minimum absolute atomic E-state index is 0.209. The number of hydrogen-bond acceptors (Lipinski definition) is 6. The van der Waals surface area contributed by atoms with E-state index in [-0.39, 0.29) is 17.3 Å². The van der Waals surface area contributed by atoms with E-state index in [1.54, 1.807) is 29.4 Å². The van der Waals surface area contributed by atoms with Gasteiger partial charge in [0.1, 0.15) is 5.76 Å². The van der Waals surface area contributed by atoms with Crippen LogP contribution in [0.1, 0.15) is 47.9 Å². The summed E-state index contributed by atoms with van der Waals surface area (Å²) >= 11 is 1.46. The van der Waals surface area contributed by atoms with E-state index < -0.39 is 10.0 Å². The Kier molecular flexibility index (Phi) is 6.73. The monoisotopic (exact) mass is 509 g/mol. The van der Waals surface area contributed by atoms with Crippen LogP contribution in [0.4, 0.5) is 5.13 Å². The molecule has 3 heterocycles. The summed E-state index contributed by atoms with van der Waals surface area (Å²) in [5, 5.41) is 0.576. The van der Waals surface area contributed by atoms with Gasteiger partial charge in [-0.15, -0.1) is 0 Å². The lowest BCUT2D eigenvalue weighted by atomic mass is 10.1. The lowest BCUT2D eigenvalue weighted by molar-refractivity contribution is 0.0983. The van der Waals surface area contributed by atoms with Gasteiger partial charge in [-0.1, -0.05) is 36.8 Å². The van der Waals surface area contributed by atoms with Crippen molar-refractivity contribution >= 4 is 42.6 Å². The van der Waals surface area contributed by atoms with E-state index in [4.69, 9.17) is 9.40 Å². The van der Waals surface area contributed by atoms with Crippen LogP contribution in [0.25, 0.3) is 10.2 Å². The van der Waals surface area contributed by atoms with E-state index in [2.05, 4.69) is 6.92 Å². The quantitative estimate of drug-likeness (QED) is 0.330. The lowest BCUT2D eigenvalue weighted by Crippen LogP contribution is -2.35. The molecule has 0 spiro atoms. The van der Waals surface area contributed by atoms with Crippen LogP contribution in [0, 0.1) is 0 Å². The molecule has 0 aliphatic carbocycles. The van der Waals surface area contributed by atoms with Gasteiger partial charge in [-0.05, 0) is 67.3 Å². The van der Waals surface area contributed by atoms with Gasteiger partial charge in [0.05, 0.1) is 27.9 Å². The number of anilines is 1. The average molecular weight is 510 g/mol. The second-order valence-electron chi connectivity index (χ2n) is 8.57. The zero-order chi connectivity index (χ0) is 24.4. The molecule has 0 bridgehead atoms. The number of para-hydroxylation sites is 1. The summed E-state index contributed by atoms with van der Waals surface area (Å²) in [5.74, 6) is 0.373. The number of benzene rings is 2. The molecule has 0 saturated carbocycles. The smallest absolute Gasteiger partial charge is 0.260 e. The highest BCUT2D eigenvalue weighted by atomic mass is 32.2. The van der Waals surface area contributed by atoms with Crippen molar-refractivity contribution in [3.05, 3.63) is 77.7 Å². The number of hydrogen-bond donors (Lipinski definition) is 0. The van der Waals surface area contributed by atoms with Gasteiger partial charge in [0.25, 0.3) is 5.91 Å². The third-order valence-electron chi connectivity index (χ3n) is 6.30. The summed E-state index contributed by atoms with van der Waals surface area (Å²) in [7, 11) is -3.56. The molecule has 5 rings (SSSR count). The number of sulfonamides is 1. The molecule has 1 aliphatic rings. The maximum absolute atomic E-state index is 13.7. The minimum Gasteiger partial charge on any atom is -0.467 e. The number of carbonyl (C=O) groups is 1. The van der Waals surface area contributed by atoms with E-state index in [9.17, 15) is 13.2 Å². The normalized spacial score (nSPS) is 14.9. The Morgan fingerprint density at radius 1 is 1.06 bits per heavy atom. The molecular weight excluding hydrogens is 482 g/mol. The summed E-state index contributed by atoms with van der Waals surface area (Å²) in [4.78, 5) is 20.3. The number of thiazole rings is 1. The lowest BCUT2D eigenvalue weighted by Gasteiger charge is -2.26. The first-order valence-electron chi connectivity index (χ1n) is 11.8. The third kappa shape index (κ3) is 4.76. The van der Waals surface area contributed by atoms with Crippen molar-refractivity contribution in [1.29, 1.82) is 0 Å². The Bertz CT molecular complexity index is 1420. The van der Waals surface area contributed by atoms with Crippen molar-refractivity contribution in [2.45, 2.75) is 44.0 Å². The highest BCUT2D eigenvalue weighted by Gasteiger charge is 2.27. The Balaban J connectivity index is 1.47. The molecule has 0 atom stereocenters. The molecule has 4 aromatic rings. The highest BCUT2D eigenvalue weighted by Crippen LogP contribution is 2.33. The maximum atomic E-state index is 13.7. The number of aryl methyl sites for hydroxylation is 1. The van der Waals surface area contributed by atoms with Crippen LogP contribution in [0.5, 0.6) is 0 Å². The van der Waals surface area contributed by atoms with Crippen LogP contribution in [-0.2, 0) is 23.0 Å². The van der Waals surface area contributed by atoms with Crippen LogP contribution in [0.2, 0.25) is 0 Å². The van der Waals surface area contributed by atoms with Gasteiger partial charge >= 0.3 is 0 Å². The molecule has 2 aromatic carbocycles. The Labute approximate surface area is 209 Å². The van der Waals surface area contributed by atoms with Crippen molar-refractivity contribution in [3.63, 3.8) is 0 Å². The van der Waals surface area contributed by atoms with Gasteiger partial charge < -0.3 is 4.42 Å². The van der Waals surface area contributed by atoms with Crippen molar-refractivity contribution in [2.24, 2.45) is 0 Å². The van der Waals surface area contributed by atoms with E-state index in [0.29, 0.717) is 29.5 Å². The molecule has 1 fully saturated rings. The molecule has 1 saturated heterocycles. The van der Waals surface area contributed by atoms with Gasteiger partial charge in [-0.25, -0.2) is 13.4 Å². The van der Waals surface area contributed by atoms with Crippen LogP contribution >= 0.6 is 11.3 Å². The first-order valence-corrected chi connectivity index (χ1v) is 14.1. The van der Waals surface area contributed by atoms with E-state index in [1.165, 1.54) is 27.8 Å². The molecule has 1 amide bonds. The second kappa shape index (κ2) is 9.93. The minimum atomic E-state index is -3.56. The molecule has 0 N–H and O–H groups in total. The predicted molar refractivity (Wildman–Crippen MR) is 137 cm³/mol. The van der Waals surface area contributed by atoms with E-state index in [1.807, 2.05) is 24.3 Å². The third-order valence-corrected chi connectivity index (χ3v) is 9.25. The largest absolute Gasteiger partial charge is 0.467 e. The van der Waals surface area contributed by atoms with Crippen molar-refractivity contribution in [1.82, 2.24) is 9.29 Å². The maximum Gasteiger partial charge on any atom is 0.260 e. The zero-order valence-corrected chi connectivity index (χ0v) is 21.1. The topological polar surface area (TPSA) is 83.7 Å². The van der Waals surface area contributed by atoms with E-state index in [0.717, 1.165) is 41.5 Å². The Morgan fingerprint density at radius 2 is 1.83 bits per heavy atom. The molecule has 7 nitrogen and oxygen atoms in total. The number of aromatic nitrogens is 1.